The van der Waals surface area contributed by atoms with Crippen LogP contribution >= 0.6 is 0 Å². The SMILES string of the molecule is CC(C)(C)c1noc(-c2nnn3c2CO[C@H](c2ccc(F)cc2)C3)n1. The van der Waals surface area contributed by atoms with Gasteiger partial charge in [0.05, 0.1) is 18.8 Å². The molecule has 25 heavy (non-hydrogen) atoms. The maximum Gasteiger partial charge on any atom is 0.280 e. The molecule has 7 nitrogen and oxygen atoms in total. The van der Waals surface area contributed by atoms with Gasteiger partial charge in [0.2, 0.25) is 0 Å². The molecule has 0 bridgehead atoms. The topological polar surface area (TPSA) is 78.9 Å². The first-order valence-electron chi connectivity index (χ1n) is 8.06. The van der Waals surface area contributed by atoms with Crippen LogP contribution in [0.5, 0.6) is 0 Å². The van der Waals surface area contributed by atoms with Gasteiger partial charge in [-0.1, -0.05) is 43.3 Å². The summed E-state index contributed by atoms with van der Waals surface area (Å²) in [6.07, 6.45) is -0.199. The van der Waals surface area contributed by atoms with Crippen molar-refractivity contribution in [1.82, 2.24) is 25.1 Å². The fourth-order valence-electron chi connectivity index (χ4n) is 2.68. The molecule has 4 rings (SSSR count). The van der Waals surface area contributed by atoms with Crippen LogP contribution in [0, 0.1) is 5.82 Å². The van der Waals surface area contributed by atoms with Crippen molar-refractivity contribution in [2.45, 2.75) is 45.4 Å². The fourth-order valence-corrected chi connectivity index (χ4v) is 2.68. The largest absolute Gasteiger partial charge is 0.365 e. The van der Waals surface area contributed by atoms with Crippen molar-refractivity contribution >= 4 is 0 Å². The van der Waals surface area contributed by atoms with Crippen LogP contribution in [0.15, 0.2) is 28.8 Å². The van der Waals surface area contributed by atoms with Crippen molar-refractivity contribution in [3.8, 4) is 11.6 Å². The molecule has 2 aromatic heterocycles. The zero-order valence-corrected chi connectivity index (χ0v) is 14.2. The van der Waals surface area contributed by atoms with E-state index in [2.05, 4.69) is 20.5 Å². The van der Waals surface area contributed by atoms with Gasteiger partial charge in [-0.05, 0) is 17.7 Å². The van der Waals surface area contributed by atoms with Gasteiger partial charge in [0.1, 0.15) is 11.9 Å². The van der Waals surface area contributed by atoms with Gasteiger partial charge in [0.15, 0.2) is 11.5 Å². The molecule has 0 fully saturated rings. The van der Waals surface area contributed by atoms with E-state index in [1.807, 2.05) is 20.8 Å². The Balaban J connectivity index is 1.60. The minimum Gasteiger partial charge on any atom is -0.365 e. The molecule has 0 saturated carbocycles. The summed E-state index contributed by atoms with van der Waals surface area (Å²) in [4.78, 5) is 4.43. The highest BCUT2D eigenvalue weighted by molar-refractivity contribution is 5.50. The number of ether oxygens (including phenoxy) is 1. The zero-order valence-electron chi connectivity index (χ0n) is 14.2. The standard InChI is InChI=1S/C17H18FN5O2/c1-17(2,3)16-19-15(25-21-16)14-12-9-24-13(8-23(12)22-20-14)10-4-6-11(18)7-5-10/h4-7,13H,8-9H2,1-3H3/t13-/m0/s1. The van der Waals surface area contributed by atoms with Crippen LogP contribution in [-0.4, -0.2) is 25.1 Å². The summed E-state index contributed by atoms with van der Waals surface area (Å²) in [6, 6.07) is 6.29. The highest BCUT2D eigenvalue weighted by atomic mass is 19.1. The monoisotopic (exact) mass is 343 g/mol. The number of halogens is 1. The van der Waals surface area contributed by atoms with Crippen molar-refractivity contribution in [1.29, 1.82) is 0 Å². The molecule has 0 saturated heterocycles. The van der Waals surface area contributed by atoms with Crippen molar-refractivity contribution in [2.75, 3.05) is 0 Å². The summed E-state index contributed by atoms with van der Waals surface area (Å²) in [5.74, 6) is 0.689. The molecule has 1 aliphatic heterocycles. The molecule has 0 radical (unpaired) electrons. The molecule has 0 aliphatic carbocycles. The van der Waals surface area contributed by atoms with Crippen molar-refractivity contribution in [2.24, 2.45) is 0 Å². The van der Waals surface area contributed by atoms with E-state index >= 15 is 0 Å². The first-order chi connectivity index (χ1) is 11.9. The maximum absolute atomic E-state index is 13.1. The number of nitrogens with zero attached hydrogens (tertiary/aromatic N) is 5. The number of hydrogen-bond acceptors (Lipinski definition) is 6. The van der Waals surface area contributed by atoms with E-state index in [4.69, 9.17) is 9.26 Å². The van der Waals surface area contributed by atoms with Crippen LogP contribution in [0.25, 0.3) is 11.6 Å². The molecule has 3 heterocycles. The molecule has 0 unspecified atom stereocenters. The Morgan fingerprint density at radius 1 is 1.20 bits per heavy atom. The van der Waals surface area contributed by atoms with E-state index in [0.717, 1.165) is 11.3 Å². The summed E-state index contributed by atoms with van der Waals surface area (Å²) in [5.41, 5.74) is 2.03. The second-order valence-electron chi connectivity index (χ2n) is 7.09. The van der Waals surface area contributed by atoms with E-state index in [1.165, 1.54) is 12.1 Å². The predicted octanol–water partition coefficient (Wildman–Crippen LogP) is 3.04. The maximum atomic E-state index is 13.1. The number of fused-ring (bicyclic) bond motifs is 1. The van der Waals surface area contributed by atoms with E-state index in [0.29, 0.717) is 30.6 Å². The predicted molar refractivity (Wildman–Crippen MR) is 85.9 cm³/mol. The van der Waals surface area contributed by atoms with Gasteiger partial charge in [-0.15, -0.1) is 5.10 Å². The molecule has 8 heteroatoms. The average Bonchev–Trinajstić information content (AvgIpc) is 3.21. The summed E-state index contributed by atoms with van der Waals surface area (Å²) < 4.78 is 26.1. The number of rotatable bonds is 2. The van der Waals surface area contributed by atoms with Gasteiger partial charge in [-0.25, -0.2) is 9.07 Å². The second kappa shape index (κ2) is 5.73. The minimum absolute atomic E-state index is 0.199. The Bertz CT molecular complexity index is 895. The highest BCUT2D eigenvalue weighted by Gasteiger charge is 2.29. The van der Waals surface area contributed by atoms with Gasteiger partial charge in [-0.2, -0.15) is 4.98 Å². The third kappa shape index (κ3) is 2.93. The molecule has 1 aliphatic rings. The summed E-state index contributed by atoms with van der Waals surface area (Å²) in [6.45, 7) is 6.85. The van der Waals surface area contributed by atoms with Crippen LogP contribution in [0.1, 0.15) is 44.0 Å². The number of aromatic nitrogens is 5. The lowest BCUT2D eigenvalue weighted by atomic mass is 9.96. The third-order valence-electron chi connectivity index (χ3n) is 4.14. The smallest absolute Gasteiger partial charge is 0.280 e. The first-order valence-corrected chi connectivity index (χ1v) is 8.06. The molecule has 1 aromatic carbocycles. The molecule has 0 spiro atoms. The molecule has 130 valence electrons. The Labute approximate surface area is 143 Å². The second-order valence-corrected chi connectivity index (χ2v) is 7.09. The summed E-state index contributed by atoms with van der Waals surface area (Å²) >= 11 is 0. The molecule has 3 aromatic rings. The third-order valence-corrected chi connectivity index (χ3v) is 4.14. The summed E-state index contributed by atoms with van der Waals surface area (Å²) in [5, 5.41) is 12.4. The lowest BCUT2D eigenvalue weighted by Gasteiger charge is -2.24. The van der Waals surface area contributed by atoms with E-state index in [1.54, 1.807) is 16.8 Å². The van der Waals surface area contributed by atoms with E-state index in [-0.39, 0.29) is 17.3 Å². The first kappa shape index (κ1) is 15.9. The van der Waals surface area contributed by atoms with Crippen LogP contribution in [-0.2, 0) is 23.3 Å². The van der Waals surface area contributed by atoms with Crippen molar-refractivity contribution in [3.63, 3.8) is 0 Å². The summed E-state index contributed by atoms with van der Waals surface area (Å²) in [7, 11) is 0. The number of benzene rings is 1. The van der Waals surface area contributed by atoms with Crippen molar-refractivity contribution in [3.05, 3.63) is 47.2 Å². The van der Waals surface area contributed by atoms with Gasteiger partial charge in [0, 0.05) is 5.41 Å². The lowest BCUT2D eigenvalue weighted by Crippen LogP contribution is -2.22. The molecule has 0 N–H and O–H groups in total. The Hall–Kier alpha value is -2.61. The van der Waals surface area contributed by atoms with Gasteiger partial charge in [0.25, 0.3) is 5.89 Å². The Kier molecular flexibility index (Phi) is 3.64. The van der Waals surface area contributed by atoms with Crippen LogP contribution in [0.4, 0.5) is 4.39 Å². The van der Waals surface area contributed by atoms with Crippen molar-refractivity contribution < 1.29 is 13.7 Å². The van der Waals surface area contributed by atoms with Gasteiger partial charge in [-0.3, -0.25) is 0 Å². The average molecular weight is 343 g/mol. The molecular weight excluding hydrogens is 325 g/mol. The Morgan fingerprint density at radius 2 is 1.96 bits per heavy atom. The van der Waals surface area contributed by atoms with Gasteiger partial charge >= 0.3 is 0 Å². The quantitative estimate of drug-likeness (QED) is 0.712. The lowest BCUT2D eigenvalue weighted by molar-refractivity contribution is -0.00120. The molecule has 0 amide bonds. The van der Waals surface area contributed by atoms with Crippen LogP contribution in [0.3, 0.4) is 0 Å². The van der Waals surface area contributed by atoms with E-state index < -0.39 is 0 Å². The van der Waals surface area contributed by atoms with Gasteiger partial charge < -0.3 is 9.26 Å². The highest BCUT2D eigenvalue weighted by Crippen LogP contribution is 2.31. The van der Waals surface area contributed by atoms with E-state index in [9.17, 15) is 4.39 Å². The number of hydrogen-bond donors (Lipinski definition) is 0. The fraction of sp³-hybridized carbons (Fsp3) is 0.412. The van der Waals surface area contributed by atoms with Crippen LogP contribution in [0.2, 0.25) is 0 Å². The molecular formula is C17H18FN5O2. The van der Waals surface area contributed by atoms with Crippen LogP contribution < -0.4 is 0 Å². The zero-order chi connectivity index (χ0) is 17.6. The Morgan fingerprint density at radius 3 is 2.64 bits per heavy atom. The molecule has 1 atom stereocenters. The normalized spacial score (nSPS) is 17.5. The minimum atomic E-state index is -0.269.